The molecule has 18 heteroatoms. The predicted molar refractivity (Wildman–Crippen MR) is 289 cm³/mol. The number of nitrogens with zero attached hydrogens (tertiary/aromatic N) is 5. The Bertz CT molecular complexity index is 2940. The van der Waals surface area contributed by atoms with Gasteiger partial charge in [-0.1, -0.05) is 77.0 Å². The van der Waals surface area contributed by atoms with E-state index in [1.54, 1.807) is 50.6 Å². The Hall–Kier alpha value is -5.29. The first-order valence-corrected chi connectivity index (χ1v) is 25.7. The van der Waals surface area contributed by atoms with Gasteiger partial charge in [-0.3, -0.25) is 14.5 Å². The summed E-state index contributed by atoms with van der Waals surface area (Å²) in [4.78, 5) is 44.5. The molecule has 3 N–H and O–H groups in total. The van der Waals surface area contributed by atoms with Gasteiger partial charge in [-0.25, -0.2) is 28.7 Å². The third kappa shape index (κ3) is 13.7. The quantitative estimate of drug-likeness (QED) is 0.0665. The highest BCUT2D eigenvalue weighted by Crippen LogP contribution is 2.45. The van der Waals surface area contributed by atoms with Crippen LogP contribution >= 0.6 is 51.5 Å². The summed E-state index contributed by atoms with van der Waals surface area (Å²) in [6, 6.07) is 15.9. The number of halogens is 6. The van der Waals surface area contributed by atoms with E-state index in [1.807, 2.05) is 18.2 Å². The summed E-state index contributed by atoms with van der Waals surface area (Å²) in [7, 11) is 3.12. The third-order valence-electron chi connectivity index (χ3n) is 13.7. The monoisotopic (exact) mass is 1100 g/mol. The molecule has 0 bridgehead atoms. The first-order valence-electron chi connectivity index (χ1n) is 23.8. The minimum absolute atomic E-state index is 0. The Morgan fingerprint density at radius 1 is 0.694 bits per heavy atom. The molecule has 0 unspecified atom stereocenters. The molecule has 2 saturated carbocycles. The predicted octanol–water partition coefficient (Wildman–Crippen LogP) is 12.5. The highest BCUT2D eigenvalue weighted by Gasteiger charge is 2.44. The summed E-state index contributed by atoms with van der Waals surface area (Å²) in [6.07, 6.45) is 21.5. The molecule has 2 aromatic heterocycles. The molecule has 4 fully saturated rings. The minimum Gasteiger partial charge on any atom is -0.496 e. The van der Waals surface area contributed by atoms with Crippen LogP contribution in [0.3, 0.4) is 0 Å². The number of carbonyl (C=O) groups excluding carboxylic acids is 2. The first-order chi connectivity index (χ1) is 34.4. The molecule has 10 rings (SSSR count). The molecular weight excluding hydrogens is 1050 g/mol. The van der Waals surface area contributed by atoms with E-state index >= 15 is 0 Å². The van der Waals surface area contributed by atoms with Crippen LogP contribution in [0.5, 0.6) is 11.5 Å². The highest BCUT2D eigenvalue weighted by atomic mass is 79.9. The zero-order chi connectivity index (χ0) is 50.0. The number of aromatic nitrogens is 4. The number of nitrogens with one attached hydrogen (secondary N) is 3. The van der Waals surface area contributed by atoms with Crippen molar-refractivity contribution in [2.24, 2.45) is 10.8 Å². The molecule has 2 spiro atoms. The molecule has 380 valence electrons. The van der Waals surface area contributed by atoms with Gasteiger partial charge in [0.25, 0.3) is 0 Å². The van der Waals surface area contributed by atoms with E-state index in [4.69, 9.17) is 32.7 Å². The van der Waals surface area contributed by atoms with Crippen molar-refractivity contribution in [3.8, 4) is 11.5 Å². The molecule has 0 amide bonds. The number of anilines is 4. The van der Waals surface area contributed by atoms with Gasteiger partial charge < -0.3 is 25.4 Å². The van der Waals surface area contributed by atoms with Gasteiger partial charge in [-0.2, -0.15) is 0 Å². The van der Waals surface area contributed by atoms with E-state index in [9.17, 15) is 18.4 Å². The van der Waals surface area contributed by atoms with Crippen LogP contribution in [0.4, 0.5) is 31.8 Å². The van der Waals surface area contributed by atoms with Crippen LogP contribution in [0, 0.1) is 22.5 Å². The average molecular weight is 1110 g/mol. The summed E-state index contributed by atoms with van der Waals surface area (Å²) < 4.78 is 37.9. The Balaban J connectivity index is 0.000000183. The molecule has 12 nitrogen and oxygen atoms in total. The van der Waals surface area contributed by atoms with E-state index in [1.165, 1.54) is 107 Å². The van der Waals surface area contributed by atoms with Crippen LogP contribution in [-0.4, -0.2) is 88.7 Å². The number of benzene rings is 4. The Morgan fingerprint density at radius 2 is 1.15 bits per heavy atom. The standard InChI is InChI=1S/C27H28ClFN4O2.C20H16BrClFN3O2.C7H13N.ClH/c1-35-25-14-24-21(26(31-17-30-24)32-19-6-7-23(29)22(28)13-19)12-18(25)11-20(34)5-4-10-33-15-27(16-33)8-2-3-9-27;1-28-19-10-18-15(8-12(19)7-14(27)3-2-6-21)20(25-11-24-18)26-13-4-5-17(23)16(22)9-13;1-2-4-7(3-1)5-8-6-7;/h4-7,12-14,17H,2-3,8-11,15-16H2,1H3,(H,30,31,32);2-5,8-11H,6-7H2,1H3,(H,24,25,26);8H,1-6H2;1H/b5-4+;3-2+;;. The van der Waals surface area contributed by atoms with Crippen LogP contribution in [-0.2, 0) is 22.4 Å². The van der Waals surface area contributed by atoms with Gasteiger partial charge >= 0.3 is 0 Å². The van der Waals surface area contributed by atoms with Crippen LogP contribution in [0.25, 0.3) is 21.8 Å². The summed E-state index contributed by atoms with van der Waals surface area (Å²) in [5.74, 6) is 1.19. The van der Waals surface area contributed by atoms with Gasteiger partial charge in [0.2, 0.25) is 0 Å². The van der Waals surface area contributed by atoms with E-state index < -0.39 is 11.6 Å². The molecule has 2 aliphatic carbocycles. The largest absolute Gasteiger partial charge is 0.496 e. The second-order valence-electron chi connectivity index (χ2n) is 18.7. The Morgan fingerprint density at radius 3 is 1.56 bits per heavy atom. The maximum absolute atomic E-state index is 13.5. The van der Waals surface area contributed by atoms with Gasteiger partial charge in [-0.05, 0) is 97.2 Å². The van der Waals surface area contributed by atoms with Crippen molar-refractivity contribution in [2.75, 3.05) is 62.9 Å². The summed E-state index contributed by atoms with van der Waals surface area (Å²) in [6.45, 7) is 5.74. The van der Waals surface area contributed by atoms with Gasteiger partial charge in [-0.15, -0.1) is 12.4 Å². The lowest BCUT2D eigenvalue weighted by atomic mass is 9.78. The zero-order valence-electron chi connectivity index (χ0n) is 40.2. The number of alkyl halides is 1. The van der Waals surface area contributed by atoms with E-state index in [2.05, 4.69) is 56.7 Å². The molecule has 4 aliphatic rings. The number of fused-ring (bicyclic) bond motifs is 2. The van der Waals surface area contributed by atoms with Crippen molar-refractivity contribution < 1.29 is 27.8 Å². The van der Waals surface area contributed by atoms with Gasteiger partial charge in [0.1, 0.15) is 47.4 Å². The maximum Gasteiger partial charge on any atom is 0.159 e. The van der Waals surface area contributed by atoms with E-state index in [0.29, 0.717) is 67.2 Å². The van der Waals surface area contributed by atoms with Gasteiger partial charge in [0.05, 0.1) is 35.3 Å². The fourth-order valence-corrected chi connectivity index (χ4v) is 10.5. The SMILES string of the molecule is C1CCC2(C1)CNC2.COc1cc2ncnc(Nc3ccc(F)c(Cl)c3)c2cc1CC(=O)/C=C/CBr.COc1cc2ncnc(Nc3ccc(F)c(Cl)c3)c2cc1CC(=O)/C=C/CN1CC2(CCCC2)C1.Cl. The van der Waals surface area contributed by atoms with Gasteiger partial charge in [0, 0.05) is 96.3 Å². The van der Waals surface area contributed by atoms with Crippen molar-refractivity contribution in [3.05, 3.63) is 130 Å². The van der Waals surface area contributed by atoms with Crippen molar-refractivity contribution in [3.63, 3.8) is 0 Å². The first kappa shape index (κ1) is 54.5. The number of likely N-dealkylation sites (tertiary alicyclic amines) is 1. The fourth-order valence-electron chi connectivity index (χ4n) is 9.97. The van der Waals surface area contributed by atoms with Gasteiger partial charge in [0.15, 0.2) is 11.6 Å². The molecule has 0 atom stereocenters. The molecule has 0 radical (unpaired) electrons. The van der Waals surface area contributed by atoms with Crippen molar-refractivity contribution in [1.29, 1.82) is 0 Å². The summed E-state index contributed by atoms with van der Waals surface area (Å²) in [5, 5.41) is 11.7. The zero-order valence-corrected chi connectivity index (χ0v) is 44.1. The number of carbonyl (C=O) groups is 2. The lowest BCUT2D eigenvalue weighted by molar-refractivity contribution is -0.114. The number of methoxy groups -OCH3 is 2. The molecule has 72 heavy (non-hydrogen) atoms. The Labute approximate surface area is 443 Å². The normalized spacial score (nSPS) is 16.4. The van der Waals surface area contributed by atoms with Crippen LogP contribution in [0.2, 0.25) is 10.0 Å². The number of ketones is 2. The number of hydrogen-bond donors (Lipinski definition) is 3. The minimum atomic E-state index is -0.498. The molecule has 4 heterocycles. The van der Waals surface area contributed by atoms with Crippen molar-refractivity contribution in [1.82, 2.24) is 30.2 Å². The second kappa shape index (κ2) is 25.1. The number of allylic oxidation sites excluding steroid dienone is 3. The van der Waals surface area contributed by atoms with E-state index in [-0.39, 0.29) is 46.9 Å². The lowest BCUT2D eigenvalue weighted by Crippen LogP contribution is -2.54. The van der Waals surface area contributed by atoms with Crippen molar-refractivity contribution in [2.45, 2.75) is 64.2 Å². The molecule has 2 saturated heterocycles. The summed E-state index contributed by atoms with van der Waals surface area (Å²) >= 11 is 15.0. The molecular formula is C54H58BrCl3F2N8O4. The maximum atomic E-state index is 13.5. The van der Waals surface area contributed by atoms with Crippen LogP contribution in [0.1, 0.15) is 62.5 Å². The lowest BCUT2D eigenvalue weighted by Gasteiger charge is -2.48. The van der Waals surface area contributed by atoms with E-state index in [0.717, 1.165) is 36.0 Å². The van der Waals surface area contributed by atoms with Crippen LogP contribution < -0.4 is 25.4 Å². The number of ether oxygens (including phenoxy) is 2. The average Bonchev–Trinajstić information content (AvgIpc) is 4.06. The molecule has 2 aliphatic heterocycles. The van der Waals surface area contributed by atoms with Crippen molar-refractivity contribution >= 4 is 108 Å². The fraction of sp³-hybridized carbons (Fsp3) is 0.370. The highest BCUT2D eigenvalue weighted by molar-refractivity contribution is 9.09. The smallest absolute Gasteiger partial charge is 0.159 e. The molecule has 4 aromatic carbocycles. The topological polar surface area (TPSA) is 143 Å². The number of hydrogen-bond acceptors (Lipinski definition) is 12. The third-order valence-corrected chi connectivity index (χ3v) is 14.6. The second-order valence-corrected chi connectivity index (χ2v) is 20.2. The number of rotatable bonds is 15. The van der Waals surface area contributed by atoms with Crippen LogP contribution in [0.15, 0.2) is 97.6 Å². The Kier molecular flexibility index (Phi) is 19.0. The summed E-state index contributed by atoms with van der Waals surface area (Å²) in [5.41, 5.74) is 5.32. The molecule has 6 aromatic rings.